The fourth-order valence-electron chi connectivity index (χ4n) is 1.02. The zero-order valence-electron chi connectivity index (χ0n) is 9.00. The highest BCUT2D eigenvalue weighted by Crippen LogP contribution is 2.08. The summed E-state index contributed by atoms with van der Waals surface area (Å²) in [6.07, 6.45) is 2.14. The maximum absolute atomic E-state index is 11.1. The SMILES string of the molecule is CCCC(CC)OC(=O)OC(C)C. The van der Waals surface area contributed by atoms with Crippen LogP contribution in [0.25, 0.3) is 0 Å². The Kier molecular flexibility index (Phi) is 6.37. The molecular weight excluding hydrogens is 168 g/mol. The molecule has 0 saturated heterocycles. The van der Waals surface area contributed by atoms with Crippen LogP contribution in [0, 0.1) is 0 Å². The van der Waals surface area contributed by atoms with Crippen LogP contribution in [0.2, 0.25) is 0 Å². The van der Waals surface area contributed by atoms with Crippen LogP contribution in [0.15, 0.2) is 0 Å². The van der Waals surface area contributed by atoms with Crippen molar-refractivity contribution < 1.29 is 14.3 Å². The lowest BCUT2D eigenvalue weighted by Crippen LogP contribution is -2.20. The number of carbonyl (C=O) groups is 1. The van der Waals surface area contributed by atoms with Crippen molar-refractivity contribution in [1.29, 1.82) is 0 Å². The van der Waals surface area contributed by atoms with Gasteiger partial charge in [0.05, 0.1) is 6.10 Å². The van der Waals surface area contributed by atoms with Gasteiger partial charge in [-0.3, -0.25) is 0 Å². The van der Waals surface area contributed by atoms with Crippen LogP contribution in [0.4, 0.5) is 4.79 Å². The molecule has 0 aromatic rings. The summed E-state index contributed by atoms with van der Waals surface area (Å²) in [6.45, 7) is 7.69. The highest BCUT2D eigenvalue weighted by molar-refractivity contribution is 5.60. The molecule has 0 aromatic carbocycles. The van der Waals surface area contributed by atoms with Crippen LogP contribution in [0.3, 0.4) is 0 Å². The molecular formula is C10H20O3. The van der Waals surface area contributed by atoms with Gasteiger partial charge in [0.15, 0.2) is 0 Å². The molecule has 0 saturated carbocycles. The zero-order chi connectivity index (χ0) is 10.3. The van der Waals surface area contributed by atoms with E-state index >= 15 is 0 Å². The van der Waals surface area contributed by atoms with Crippen molar-refractivity contribution >= 4 is 6.16 Å². The van der Waals surface area contributed by atoms with Crippen molar-refractivity contribution in [1.82, 2.24) is 0 Å². The summed E-state index contributed by atoms with van der Waals surface area (Å²) in [7, 11) is 0. The van der Waals surface area contributed by atoms with Gasteiger partial charge in [0.25, 0.3) is 0 Å². The molecule has 13 heavy (non-hydrogen) atoms. The summed E-state index contributed by atoms with van der Waals surface area (Å²) in [5.74, 6) is 0. The fourth-order valence-corrected chi connectivity index (χ4v) is 1.02. The van der Waals surface area contributed by atoms with Crippen LogP contribution >= 0.6 is 0 Å². The average molecular weight is 188 g/mol. The van der Waals surface area contributed by atoms with Crippen LogP contribution in [-0.2, 0) is 9.47 Å². The molecule has 0 aromatic heterocycles. The molecule has 0 radical (unpaired) electrons. The smallest absolute Gasteiger partial charge is 0.432 e. The van der Waals surface area contributed by atoms with Gasteiger partial charge in [0, 0.05) is 0 Å². The molecule has 0 spiro atoms. The molecule has 78 valence electrons. The van der Waals surface area contributed by atoms with Crippen LogP contribution in [0.5, 0.6) is 0 Å². The lowest BCUT2D eigenvalue weighted by atomic mass is 10.2. The topological polar surface area (TPSA) is 35.5 Å². The molecule has 0 fully saturated rings. The van der Waals surface area contributed by atoms with E-state index in [0.717, 1.165) is 19.3 Å². The van der Waals surface area contributed by atoms with Gasteiger partial charge >= 0.3 is 6.16 Å². The molecule has 3 heteroatoms. The van der Waals surface area contributed by atoms with E-state index < -0.39 is 6.16 Å². The molecule has 1 atom stereocenters. The molecule has 0 rings (SSSR count). The number of hydrogen-bond donors (Lipinski definition) is 0. The molecule has 0 N–H and O–H groups in total. The number of hydrogen-bond acceptors (Lipinski definition) is 3. The summed E-state index contributed by atoms with van der Waals surface area (Å²) < 4.78 is 9.96. The minimum absolute atomic E-state index is 0.0104. The summed E-state index contributed by atoms with van der Waals surface area (Å²) in [5.41, 5.74) is 0. The van der Waals surface area contributed by atoms with E-state index in [4.69, 9.17) is 9.47 Å². The number of ether oxygens (including phenoxy) is 2. The first-order valence-electron chi connectivity index (χ1n) is 4.97. The molecule has 0 aliphatic carbocycles. The van der Waals surface area contributed by atoms with Crippen molar-refractivity contribution in [3.63, 3.8) is 0 Å². The maximum atomic E-state index is 11.1. The van der Waals surface area contributed by atoms with Crippen molar-refractivity contribution in [2.75, 3.05) is 0 Å². The standard InChI is InChI=1S/C10H20O3/c1-5-7-9(6-2)13-10(11)12-8(3)4/h8-9H,5-7H2,1-4H3. The summed E-state index contributed by atoms with van der Waals surface area (Å²) in [5, 5.41) is 0. The van der Waals surface area contributed by atoms with Crippen molar-refractivity contribution in [3.05, 3.63) is 0 Å². The van der Waals surface area contributed by atoms with Crippen molar-refractivity contribution in [2.24, 2.45) is 0 Å². The Morgan fingerprint density at radius 3 is 2.23 bits per heavy atom. The highest BCUT2D eigenvalue weighted by Gasteiger charge is 2.13. The fraction of sp³-hybridized carbons (Fsp3) is 0.900. The van der Waals surface area contributed by atoms with E-state index in [1.165, 1.54) is 0 Å². The van der Waals surface area contributed by atoms with E-state index in [0.29, 0.717) is 0 Å². The van der Waals surface area contributed by atoms with E-state index in [2.05, 4.69) is 6.92 Å². The monoisotopic (exact) mass is 188 g/mol. The van der Waals surface area contributed by atoms with E-state index in [-0.39, 0.29) is 12.2 Å². The lowest BCUT2D eigenvalue weighted by Gasteiger charge is -2.15. The molecule has 0 bridgehead atoms. The Morgan fingerprint density at radius 2 is 1.85 bits per heavy atom. The summed E-state index contributed by atoms with van der Waals surface area (Å²) in [4.78, 5) is 11.1. The van der Waals surface area contributed by atoms with Crippen LogP contribution in [0.1, 0.15) is 47.0 Å². The van der Waals surface area contributed by atoms with Crippen LogP contribution in [-0.4, -0.2) is 18.4 Å². The third kappa shape index (κ3) is 6.43. The third-order valence-electron chi connectivity index (χ3n) is 1.66. The lowest BCUT2D eigenvalue weighted by molar-refractivity contribution is 0.00361. The predicted molar refractivity (Wildman–Crippen MR) is 51.7 cm³/mol. The maximum Gasteiger partial charge on any atom is 0.508 e. The Morgan fingerprint density at radius 1 is 1.23 bits per heavy atom. The van der Waals surface area contributed by atoms with Crippen molar-refractivity contribution in [2.45, 2.75) is 59.2 Å². The van der Waals surface area contributed by atoms with E-state index in [1.807, 2.05) is 20.8 Å². The molecule has 3 nitrogen and oxygen atoms in total. The Labute approximate surface area is 80.4 Å². The Bertz CT molecular complexity index is 143. The van der Waals surface area contributed by atoms with E-state index in [1.54, 1.807) is 0 Å². The molecule has 0 aliphatic rings. The van der Waals surface area contributed by atoms with Gasteiger partial charge in [-0.15, -0.1) is 0 Å². The first kappa shape index (κ1) is 12.3. The number of carbonyl (C=O) groups excluding carboxylic acids is 1. The largest absolute Gasteiger partial charge is 0.508 e. The molecule has 0 amide bonds. The van der Waals surface area contributed by atoms with Crippen molar-refractivity contribution in [3.8, 4) is 0 Å². The quantitative estimate of drug-likeness (QED) is 0.622. The summed E-state index contributed by atoms with van der Waals surface area (Å²) >= 11 is 0. The predicted octanol–water partition coefficient (Wildman–Crippen LogP) is 3.13. The van der Waals surface area contributed by atoms with Gasteiger partial charge in [-0.25, -0.2) is 4.79 Å². The van der Waals surface area contributed by atoms with Crippen LogP contribution < -0.4 is 0 Å². The average Bonchev–Trinajstić information content (AvgIpc) is 2.02. The number of rotatable bonds is 5. The molecule has 1 unspecified atom stereocenters. The first-order valence-corrected chi connectivity index (χ1v) is 4.97. The second-order valence-electron chi connectivity index (χ2n) is 3.35. The van der Waals surface area contributed by atoms with Gasteiger partial charge in [-0.2, -0.15) is 0 Å². The van der Waals surface area contributed by atoms with E-state index in [9.17, 15) is 4.79 Å². The normalized spacial score (nSPS) is 12.7. The minimum Gasteiger partial charge on any atom is -0.432 e. The first-order chi connectivity index (χ1) is 6.10. The second kappa shape index (κ2) is 6.75. The Hall–Kier alpha value is -0.730. The summed E-state index contributed by atoms with van der Waals surface area (Å²) in [6, 6.07) is 0. The van der Waals surface area contributed by atoms with Gasteiger partial charge < -0.3 is 9.47 Å². The van der Waals surface area contributed by atoms with Gasteiger partial charge in [0.2, 0.25) is 0 Å². The van der Waals surface area contributed by atoms with Gasteiger partial charge in [-0.1, -0.05) is 20.3 Å². The molecule has 0 heterocycles. The van der Waals surface area contributed by atoms with Gasteiger partial charge in [0.1, 0.15) is 6.10 Å². The zero-order valence-corrected chi connectivity index (χ0v) is 9.00. The van der Waals surface area contributed by atoms with Gasteiger partial charge in [-0.05, 0) is 26.7 Å². The molecule has 0 aliphatic heterocycles. The second-order valence-corrected chi connectivity index (χ2v) is 3.35. The Balaban J connectivity index is 3.73. The minimum atomic E-state index is -0.546. The highest BCUT2D eigenvalue weighted by atomic mass is 16.7. The third-order valence-corrected chi connectivity index (χ3v) is 1.66.